The Morgan fingerprint density at radius 2 is 1.72 bits per heavy atom. The van der Waals surface area contributed by atoms with Crippen LogP contribution >= 0.6 is 22.9 Å². The van der Waals surface area contributed by atoms with Crippen LogP contribution in [0.1, 0.15) is 11.6 Å². The number of halogens is 1. The molecule has 0 N–H and O–H groups in total. The van der Waals surface area contributed by atoms with Crippen molar-refractivity contribution in [3.05, 3.63) is 93.0 Å². The van der Waals surface area contributed by atoms with Crippen LogP contribution in [0, 0.1) is 0 Å². The second kappa shape index (κ2) is 11.0. The van der Waals surface area contributed by atoms with E-state index in [2.05, 4.69) is 41.3 Å². The minimum Gasteiger partial charge on any atom is -0.379 e. The van der Waals surface area contributed by atoms with Gasteiger partial charge in [-0.2, -0.15) is 0 Å². The van der Waals surface area contributed by atoms with Crippen LogP contribution in [-0.2, 0) is 16.1 Å². The first kappa shape index (κ1) is 24.7. The molecule has 1 saturated heterocycles. The number of carbonyl (C=O) groups is 1. The Morgan fingerprint density at radius 1 is 1.03 bits per heavy atom. The van der Waals surface area contributed by atoms with Crippen molar-refractivity contribution in [2.24, 2.45) is 0 Å². The van der Waals surface area contributed by atoms with Gasteiger partial charge in [0.1, 0.15) is 6.54 Å². The highest BCUT2D eigenvalue weighted by Gasteiger charge is 2.26. The Morgan fingerprint density at radius 3 is 2.44 bits per heavy atom. The predicted molar refractivity (Wildman–Crippen MR) is 146 cm³/mol. The summed E-state index contributed by atoms with van der Waals surface area (Å²) >= 11 is 7.30. The van der Waals surface area contributed by atoms with Crippen molar-refractivity contribution >= 4 is 39.1 Å². The maximum atomic E-state index is 13.5. The first-order chi connectivity index (χ1) is 17.5. The monoisotopic (exact) mass is 521 g/mol. The van der Waals surface area contributed by atoms with E-state index in [1.807, 2.05) is 31.3 Å². The minimum absolute atomic E-state index is 0.0304. The molecule has 36 heavy (non-hydrogen) atoms. The quantitative estimate of drug-likeness (QED) is 0.346. The molecule has 6 nitrogen and oxygen atoms in total. The molecule has 4 aromatic rings. The lowest BCUT2D eigenvalue weighted by atomic mass is 9.99. The zero-order valence-corrected chi connectivity index (χ0v) is 21.7. The molecule has 1 atom stereocenters. The van der Waals surface area contributed by atoms with E-state index in [9.17, 15) is 9.59 Å². The average molecular weight is 522 g/mol. The number of fused-ring (bicyclic) bond motifs is 1. The molecule has 0 spiro atoms. The molecule has 1 aliphatic heterocycles. The zero-order chi connectivity index (χ0) is 25.1. The lowest BCUT2D eigenvalue weighted by Crippen LogP contribution is -2.44. The summed E-state index contributed by atoms with van der Waals surface area (Å²) < 4.78 is 7.87. The normalized spacial score (nSPS) is 15.2. The summed E-state index contributed by atoms with van der Waals surface area (Å²) in [5, 5.41) is 0.540. The molecule has 1 unspecified atom stereocenters. The van der Waals surface area contributed by atoms with Crippen LogP contribution < -0.4 is 4.87 Å². The molecule has 0 radical (unpaired) electrons. The number of carbonyl (C=O) groups excluding carboxylic acids is 1. The second-order valence-corrected chi connectivity index (χ2v) is 10.4. The molecule has 5 rings (SSSR count). The van der Waals surface area contributed by atoms with Crippen molar-refractivity contribution in [3.63, 3.8) is 0 Å². The number of nitrogens with zero attached hydrogens (tertiary/aromatic N) is 3. The summed E-state index contributed by atoms with van der Waals surface area (Å²) in [5.41, 5.74) is 4.03. The van der Waals surface area contributed by atoms with Gasteiger partial charge in [0, 0.05) is 31.7 Å². The maximum Gasteiger partial charge on any atom is 0.308 e. The smallest absolute Gasteiger partial charge is 0.308 e. The number of amides is 1. The number of hydrogen-bond donors (Lipinski definition) is 0. The van der Waals surface area contributed by atoms with Crippen LogP contribution in [0.25, 0.3) is 21.3 Å². The van der Waals surface area contributed by atoms with Crippen molar-refractivity contribution < 1.29 is 9.53 Å². The summed E-state index contributed by atoms with van der Waals surface area (Å²) in [6.45, 7) is 3.70. The third kappa shape index (κ3) is 5.39. The van der Waals surface area contributed by atoms with Crippen molar-refractivity contribution in [3.8, 4) is 11.1 Å². The van der Waals surface area contributed by atoms with E-state index < -0.39 is 0 Å². The van der Waals surface area contributed by atoms with Gasteiger partial charge in [-0.05, 0) is 34.9 Å². The number of hydrogen-bond acceptors (Lipinski definition) is 5. The third-order valence-corrected chi connectivity index (χ3v) is 7.92. The zero-order valence-electron chi connectivity index (χ0n) is 20.1. The fourth-order valence-electron chi connectivity index (χ4n) is 4.61. The summed E-state index contributed by atoms with van der Waals surface area (Å²) in [4.78, 5) is 30.2. The second-order valence-electron chi connectivity index (χ2n) is 8.99. The maximum absolute atomic E-state index is 13.5. The van der Waals surface area contributed by atoms with Crippen molar-refractivity contribution in [1.82, 2.24) is 14.4 Å². The number of morpholine rings is 1. The number of likely N-dealkylation sites (N-methyl/N-ethyl adjacent to an activating group) is 1. The van der Waals surface area contributed by atoms with Crippen LogP contribution in [0.15, 0.2) is 77.6 Å². The number of ether oxygens (including phenoxy) is 1. The SMILES string of the molecule is CN(C(=O)Cn1c(=O)sc2ccc(Cl)cc21)C(CN1CCOCC1)c1ccc(-c2ccccc2)cc1. The number of thiazole rings is 1. The molecule has 0 aliphatic carbocycles. The molecule has 8 heteroatoms. The molecule has 186 valence electrons. The van der Waals surface area contributed by atoms with Gasteiger partial charge in [0.25, 0.3) is 0 Å². The standard InChI is InChI=1S/C28H28ClN3O3S/c1-30(27(33)19-32-24-17-23(29)11-12-26(24)36-28(32)34)25(18-31-13-15-35-16-14-31)22-9-7-21(8-10-22)20-5-3-2-4-6-20/h2-12,17,25H,13-16,18-19H2,1H3. The average Bonchev–Trinajstić information content (AvgIpc) is 3.22. The van der Waals surface area contributed by atoms with Crippen molar-refractivity contribution in [1.29, 1.82) is 0 Å². The molecular weight excluding hydrogens is 494 g/mol. The first-order valence-electron chi connectivity index (χ1n) is 12.0. The number of benzene rings is 3. The van der Waals surface area contributed by atoms with E-state index in [1.165, 1.54) is 4.57 Å². The Balaban J connectivity index is 1.42. The van der Waals surface area contributed by atoms with E-state index in [4.69, 9.17) is 16.3 Å². The van der Waals surface area contributed by atoms with Crippen molar-refractivity contribution in [2.75, 3.05) is 39.9 Å². The number of rotatable bonds is 7. The molecular formula is C28H28ClN3O3S. The van der Waals surface area contributed by atoms with Crippen LogP contribution in [-0.4, -0.2) is 60.2 Å². The van der Waals surface area contributed by atoms with Crippen molar-refractivity contribution in [2.45, 2.75) is 12.6 Å². The summed E-state index contributed by atoms with van der Waals surface area (Å²) in [6.07, 6.45) is 0. The van der Waals surface area contributed by atoms with Gasteiger partial charge in [-0.25, -0.2) is 0 Å². The van der Waals surface area contributed by atoms with Gasteiger partial charge in [-0.15, -0.1) is 0 Å². The highest BCUT2D eigenvalue weighted by molar-refractivity contribution is 7.16. The van der Waals surface area contributed by atoms with E-state index in [0.29, 0.717) is 30.3 Å². The van der Waals surface area contributed by atoms with Gasteiger partial charge in [-0.3, -0.25) is 19.1 Å². The highest BCUT2D eigenvalue weighted by Crippen LogP contribution is 2.27. The summed E-state index contributed by atoms with van der Waals surface area (Å²) in [7, 11) is 1.82. The lowest BCUT2D eigenvalue weighted by molar-refractivity contribution is -0.133. The molecule has 0 saturated carbocycles. The first-order valence-corrected chi connectivity index (χ1v) is 13.2. The van der Waals surface area contributed by atoms with Gasteiger partial charge in [-0.1, -0.05) is 77.5 Å². The fraction of sp³-hybridized carbons (Fsp3) is 0.286. The summed E-state index contributed by atoms with van der Waals surface area (Å²) in [5.74, 6) is -0.123. The fourth-order valence-corrected chi connectivity index (χ4v) is 5.65. The Kier molecular flexibility index (Phi) is 7.53. The molecule has 3 aromatic carbocycles. The van der Waals surface area contributed by atoms with E-state index in [-0.39, 0.29) is 23.4 Å². The predicted octanol–water partition coefficient (Wildman–Crippen LogP) is 4.92. The van der Waals surface area contributed by atoms with E-state index in [0.717, 1.165) is 45.8 Å². The molecule has 0 bridgehead atoms. The van der Waals surface area contributed by atoms with Gasteiger partial charge >= 0.3 is 4.87 Å². The molecule has 1 aliphatic rings. The molecule has 1 aromatic heterocycles. The lowest BCUT2D eigenvalue weighted by Gasteiger charge is -2.35. The highest BCUT2D eigenvalue weighted by atomic mass is 35.5. The van der Waals surface area contributed by atoms with E-state index in [1.54, 1.807) is 17.0 Å². The van der Waals surface area contributed by atoms with Crippen LogP contribution in [0.5, 0.6) is 0 Å². The number of aromatic nitrogens is 1. The molecule has 2 heterocycles. The molecule has 1 fully saturated rings. The van der Waals surface area contributed by atoms with Crippen LogP contribution in [0.4, 0.5) is 0 Å². The van der Waals surface area contributed by atoms with Gasteiger partial charge in [0.15, 0.2) is 0 Å². The summed E-state index contributed by atoms with van der Waals surface area (Å²) in [6, 6.07) is 23.8. The topological polar surface area (TPSA) is 54.8 Å². The third-order valence-electron chi connectivity index (χ3n) is 6.72. The minimum atomic E-state index is -0.162. The van der Waals surface area contributed by atoms with Gasteiger partial charge in [0.2, 0.25) is 5.91 Å². The Hall–Kier alpha value is -2.97. The Bertz CT molecular complexity index is 1400. The van der Waals surface area contributed by atoms with Gasteiger partial charge in [0.05, 0.1) is 29.5 Å². The molecule has 1 amide bonds. The van der Waals surface area contributed by atoms with Crippen LogP contribution in [0.3, 0.4) is 0 Å². The van der Waals surface area contributed by atoms with Gasteiger partial charge < -0.3 is 9.64 Å². The largest absolute Gasteiger partial charge is 0.379 e. The van der Waals surface area contributed by atoms with Crippen LogP contribution in [0.2, 0.25) is 5.02 Å². The Labute approximate surface area is 219 Å². The van der Waals surface area contributed by atoms with E-state index >= 15 is 0 Å².